The standard InChI is InChI=1S/C14H26N4/c1-17-9-8-14(11-17)10-16-13(15)18(14)12-6-4-2-3-5-7-12/h12H,2-11H2,1H3,(H2,15,16). The summed E-state index contributed by atoms with van der Waals surface area (Å²) in [4.78, 5) is 9.53. The third-order valence-corrected chi connectivity index (χ3v) is 5.01. The summed E-state index contributed by atoms with van der Waals surface area (Å²) in [6, 6.07) is 0.644. The number of hydrogen-bond acceptors (Lipinski definition) is 4. The summed E-state index contributed by atoms with van der Waals surface area (Å²) in [7, 11) is 2.22. The highest BCUT2D eigenvalue weighted by Gasteiger charge is 2.48. The lowest BCUT2D eigenvalue weighted by Crippen LogP contribution is -2.57. The molecule has 0 aromatic heterocycles. The lowest BCUT2D eigenvalue weighted by atomic mass is 9.93. The van der Waals surface area contributed by atoms with Crippen LogP contribution in [0.3, 0.4) is 0 Å². The topological polar surface area (TPSA) is 44.9 Å². The van der Waals surface area contributed by atoms with Gasteiger partial charge in [0.25, 0.3) is 0 Å². The van der Waals surface area contributed by atoms with Crippen molar-refractivity contribution in [2.75, 3.05) is 26.7 Å². The van der Waals surface area contributed by atoms with E-state index in [0.29, 0.717) is 6.04 Å². The first-order chi connectivity index (χ1) is 8.71. The molecule has 1 aliphatic carbocycles. The Balaban J connectivity index is 1.80. The van der Waals surface area contributed by atoms with Crippen LogP contribution in [0, 0.1) is 0 Å². The monoisotopic (exact) mass is 250 g/mol. The highest BCUT2D eigenvalue weighted by atomic mass is 15.4. The molecule has 1 saturated heterocycles. The van der Waals surface area contributed by atoms with Gasteiger partial charge in [0.1, 0.15) is 0 Å². The maximum absolute atomic E-state index is 6.22. The number of aliphatic imine (C=N–C) groups is 1. The number of likely N-dealkylation sites (N-methyl/N-ethyl adjacent to an activating group) is 1. The highest BCUT2D eigenvalue weighted by Crippen LogP contribution is 2.36. The smallest absolute Gasteiger partial charge is 0.192 e. The van der Waals surface area contributed by atoms with Crippen molar-refractivity contribution in [1.29, 1.82) is 0 Å². The lowest BCUT2D eigenvalue weighted by molar-refractivity contribution is 0.142. The first-order valence-corrected chi connectivity index (χ1v) is 7.49. The minimum Gasteiger partial charge on any atom is -0.370 e. The van der Waals surface area contributed by atoms with Gasteiger partial charge in [-0.15, -0.1) is 0 Å². The van der Waals surface area contributed by atoms with Crippen LogP contribution in [0.25, 0.3) is 0 Å². The first-order valence-electron chi connectivity index (χ1n) is 7.49. The Hall–Kier alpha value is -0.770. The van der Waals surface area contributed by atoms with Crippen molar-refractivity contribution >= 4 is 5.96 Å². The zero-order chi connectivity index (χ0) is 12.6. The third kappa shape index (κ3) is 2.00. The van der Waals surface area contributed by atoms with Crippen molar-refractivity contribution < 1.29 is 0 Å². The Morgan fingerprint density at radius 2 is 1.94 bits per heavy atom. The van der Waals surface area contributed by atoms with E-state index in [1.165, 1.54) is 51.5 Å². The SMILES string of the molecule is CN1CCC2(CN=C(N)N2C2CCCCCC2)C1. The Labute approximate surface area is 110 Å². The van der Waals surface area contributed by atoms with Crippen LogP contribution in [-0.4, -0.2) is 54.0 Å². The van der Waals surface area contributed by atoms with Crippen LogP contribution < -0.4 is 5.73 Å². The summed E-state index contributed by atoms with van der Waals surface area (Å²) in [5.41, 5.74) is 6.45. The van der Waals surface area contributed by atoms with E-state index in [1.807, 2.05) is 0 Å². The van der Waals surface area contributed by atoms with Crippen LogP contribution in [0.4, 0.5) is 0 Å². The molecule has 2 aliphatic heterocycles. The van der Waals surface area contributed by atoms with E-state index in [4.69, 9.17) is 5.73 Å². The molecule has 1 saturated carbocycles. The number of likely N-dealkylation sites (tertiary alicyclic amines) is 1. The predicted molar refractivity (Wildman–Crippen MR) is 74.7 cm³/mol. The molecule has 18 heavy (non-hydrogen) atoms. The molecule has 0 aromatic carbocycles. The van der Waals surface area contributed by atoms with Crippen LogP contribution in [0.5, 0.6) is 0 Å². The van der Waals surface area contributed by atoms with Crippen molar-refractivity contribution in [2.24, 2.45) is 10.7 Å². The first kappa shape index (κ1) is 12.3. The maximum Gasteiger partial charge on any atom is 0.192 e. The molecule has 1 atom stereocenters. The number of guanidine groups is 1. The van der Waals surface area contributed by atoms with E-state index in [0.717, 1.165) is 19.0 Å². The molecule has 0 amide bonds. The number of rotatable bonds is 1. The minimum atomic E-state index is 0.230. The zero-order valence-corrected chi connectivity index (χ0v) is 11.6. The average Bonchev–Trinajstić information content (AvgIpc) is 2.74. The van der Waals surface area contributed by atoms with Gasteiger partial charge in [-0.2, -0.15) is 0 Å². The Morgan fingerprint density at radius 1 is 1.22 bits per heavy atom. The fourth-order valence-corrected chi connectivity index (χ4v) is 4.10. The molecule has 0 bridgehead atoms. The lowest BCUT2D eigenvalue weighted by Gasteiger charge is -2.41. The van der Waals surface area contributed by atoms with Gasteiger partial charge in [0.05, 0.1) is 12.1 Å². The van der Waals surface area contributed by atoms with Gasteiger partial charge >= 0.3 is 0 Å². The second-order valence-electron chi connectivity index (χ2n) is 6.40. The summed E-state index contributed by atoms with van der Waals surface area (Å²) in [5, 5.41) is 0. The molecule has 1 unspecified atom stereocenters. The second-order valence-corrected chi connectivity index (χ2v) is 6.40. The minimum absolute atomic E-state index is 0.230. The number of nitrogens with zero attached hydrogens (tertiary/aromatic N) is 3. The molecule has 3 rings (SSSR count). The van der Waals surface area contributed by atoms with Crippen LogP contribution in [0.2, 0.25) is 0 Å². The van der Waals surface area contributed by atoms with Gasteiger partial charge in [-0.1, -0.05) is 25.7 Å². The maximum atomic E-state index is 6.22. The summed E-state index contributed by atoms with van der Waals surface area (Å²) in [6.45, 7) is 3.24. The van der Waals surface area contributed by atoms with Gasteiger partial charge in [0.2, 0.25) is 0 Å². The summed E-state index contributed by atoms with van der Waals surface area (Å²) in [5.74, 6) is 0.817. The second kappa shape index (κ2) is 4.72. The van der Waals surface area contributed by atoms with E-state index >= 15 is 0 Å². The van der Waals surface area contributed by atoms with Gasteiger partial charge in [-0.3, -0.25) is 4.99 Å². The van der Waals surface area contributed by atoms with Crippen molar-refractivity contribution in [3.63, 3.8) is 0 Å². The van der Waals surface area contributed by atoms with Crippen molar-refractivity contribution in [1.82, 2.24) is 9.80 Å². The van der Waals surface area contributed by atoms with Crippen molar-refractivity contribution in [3.8, 4) is 0 Å². The fraction of sp³-hybridized carbons (Fsp3) is 0.929. The average molecular weight is 250 g/mol. The molecule has 2 fully saturated rings. The summed E-state index contributed by atoms with van der Waals surface area (Å²) < 4.78 is 0. The molecule has 1 spiro atoms. The van der Waals surface area contributed by atoms with E-state index in [9.17, 15) is 0 Å². The molecular weight excluding hydrogens is 224 g/mol. The molecule has 102 valence electrons. The van der Waals surface area contributed by atoms with Gasteiger partial charge in [-0.05, 0) is 26.3 Å². The predicted octanol–water partition coefficient (Wildman–Crippen LogP) is 1.41. The van der Waals surface area contributed by atoms with Gasteiger partial charge in [0.15, 0.2) is 5.96 Å². The van der Waals surface area contributed by atoms with Crippen LogP contribution in [-0.2, 0) is 0 Å². The Morgan fingerprint density at radius 3 is 2.56 bits per heavy atom. The Bertz CT molecular complexity index is 333. The molecule has 3 aliphatic rings. The van der Waals surface area contributed by atoms with Crippen LogP contribution in [0.1, 0.15) is 44.9 Å². The quantitative estimate of drug-likeness (QED) is 0.716. The largest absolute Gasteiger partial charge is 0.370 e. The fourth-order valence-electron chi connectivity index (χ4n) is 4.10. The number of nitrogens with two attached hydrogens (primary N) is 1. The molecule has 2 N–H and O–H groups in total. The van der Waals surface area contributed by atoms with Gasteiger partial charge in [-0.25, -0.2) is 0 Å². The van der Waals surface area contributed by atoms with E-state index < -0.39 is 0 Å². The molecule has 0 aromatic rings. The van der Waals surface area contributed by atoms with Gasteiger partial charge in [0, 0.05) is 19.1 Å². The summed E-state index contributed by atoms with van der Waals surface area (Å²) >= 11 is 0. The van der Waals surface area contributed by atoms with Gasteiger partial charge < -0.3 is 15.5 Å². The summed E-state index contributed by atoms with van der Waals surface area (Å²) in [6.07, 6.45) is 9.36. The normalized spacial score (nSPS) is 35.2. The Kier molecular flexibility index (Phi) is 3.22. The van der Waals surface area contributed by atoms with Crippen LogP contribution in [0.15, 0.2) is 4.99 Å². The molecule has 4 heteroatoms. The highest BCUT2D eigenvalue weighted by molar-refractivity contribution is 5.81. The molecule has 4 nitrogen and oxygen atoms in total. The van der Waals surface area contributed by atoms with E-state index in [2.05, 4.69) is 21.8 Å². The molecule has 0 radical (unpaired) electrons. The number of hydrogen-bond donors (Lipinski definition) is 1. The van der Waals surface area contributed by atoms with E-state index in [1.54, 1.807) is 0 Å². The van der Waals surface area contributed by atoms with E-state index in [-0.39, 0.29) is 5.54 Å². The third-order valence-electron chi connectivity index (χ3n) is 5.01. The van der Waals surface area contributed by atoms with Crippen molar-refractivity contribution in [2.45, 2.75) is 56.5 Å². The molecular formula is C14H26N4. The van der Waals surface area contributed by atoms with Crippen molar-refractivity contribution in [3.05, 3.63) is 0 Å². The zero-order valence-electron chi connectivity index (χ0n) is 11.6. The van der Waals surface area contributed by atoms with Crippen LogP contribution >= 0.6 is 0 Å². The molecule has 2 heterocycles.